The molecule has 3 heterocycles. The Morgan fingerprint density at radius 3 is 1.66 bits per heavy atom. The summed E-state index contributed by atoms with van der Waals surface area (Å²) in [7, 11) is 0. The van der Waals surface area contributed by atoms with Crippen molar-refractivity contribution in [2.24, 2.45) is 0 Å². The average Bonchev–Trinajstić information content (AvgIpc) is 3.74. The molecule has 0 atom stereocenters. The van der Waals surface area contributed by atoms with Crippen LogP contribution in [-0.4, -0.2) is 19.5 Å². The summed E-state index contributed by atoms with van der Waals surface area (Å²) in [6, 6.07) is 58.6. The van der Waals surface area contributed by atoms with E-state index in [2.05, 4.69) is 108 Å². The molecule has 234 valence electrons. The molecule has 0 fully saturated rings. The van der Waals surface area contributed by atoms with Crippen LogP contribution in [0.4, 0.5) is 0 Å². The van der Waals surface area contributed by atoms with Crippen LogP contribution in [0.25, 0.3) is 94.7 Å². The lowest BCUT2D eigenvalue weighted by Gasteiger charge is -2.10. The van der Waals surface area contributed by atoms with Gasteiger partial charge in [0.25, 0.3) is 0 Å². The molecule has 10 aromatic rings. The van der Waals surface area contributed by atoms with E-state index in [0.717, 1.165) is 55.3 Å². The Hall–Kier alpha value is -6.85. The molecule has 0 amide bonds. The summed E-state index contributed by atoms with van der Waals surface area (Å²) in [5, 5.41) is 4.55. The Morgan fingerprint density at radius 1 is 0.380 bits per heavy atom. The second-order valence-corrected chi connectivity index (χ2v) is 12.4. The summed E-state index contributed by atoms with van der Waals surface area (Å²) in [5.41, 5.74) is 10.1. The minimum absolute atomic E-state index is 0.594. The summed E-state index contributed by atoms with van der Waals surface area (Å²) in [4.78, 5) is 14.8. The van der Waals surface area contributed by atoms with Crippen LogP contribution in [-0.2, 0) is 0 Å². The zero-order chi connectivity index (χ0) is 33.0. The van der Waals surface area contributed by atoms with Gasteiger partial charge < -0.3 is 8.98 Å². The molecule has 10 rings (SSSR count). The molecule has 3 aromatic heterocycles. The van der Waals surface area contributed by atoms with Crippen LogP contribution in [0.3, 0.4) is 0 Å². The van der Waals surface area contributed by atoms with Crippen LogP contribution in [0, 0.1) is 0 Å². The molecule has 0 saturated carbocycles. The van der Waals surface area contributed by atoms with Gasteiger partial charge in [0.15, 0.2) is 17.5 Å². The predicted molar refractivity (Wildman–Crippen MR) is 203 cm³/mol. The van der Waals surface area contributed by atoms with Gasteiger partial charge in [-0.15, -0.1) is 0 Å². The largest absolute Gasteiger partial charge is 0.456 e. The Balaban J connectivity index is 1.18. The van der Waals surface area contributed by atoms with E-state index in [-0.39, 0.29) is 0 Å². The molecule has 0 spiro atoms. The van der Waals surface area contributed by atoms with E-state index in [9.17, 15) is 0 Å². The topological polar surface area (TPSA) is 56.7 Å². The van der Waals surface area contributed by atoms with Crippen molar-refractivity contribution in [2.75, 3.05) is 0 Å². The van der Waals surface area contributed by atoms with Crippen molar-refractivity contribution in [1.29, 1.82) is 0 Å². The third kappa shape index (κ3) is 4.52. The lowest BCUT2D eigenvalue weighted by molar-refractivity contribution is 0.669. The number of rotatable bonds is 5. The van der Waals surface area contributed by atoms with Gasteiger partial charge in [0.05, 0.1) is 22.1 Å². The highest BCUT2D eigenvalue weighted by Crippen LogP contribution is 2.42. The smallest absolute Gasteiger partial charge is 0.164 e. The van der Waals surface area contributed by atoms with Crippen LogP contribution in [0.2, 0.25) is 0 Å². The van der Waals surface area contributed by atoms with Crippen molar-refractivity contribution < 1.29 is 4.42 Å². The van der Waals surface area contributed by atoms with E-state index in [0.29, 0.717) is 17.5 Å². The fourth-order valence-electron chi connectivity index (χ4n) is 7.21. The van der Waals surface area contributed by atoms with Gasteiger partial charge in [-0.1, -0.05) is 133 Å². The number of para-hydroxylation sites is 1. The van der Waals surface area contributed by atoms with Crippen molar-refractivity contribution in [2.45, 2.75) is 0 Å². The maximum Gasteiger partial charge on any atom is 0.164 e. The second kappa shape index (κ2) is 11.4. The van der Waals surface area contributed by atoms with Gasteiger partial charge in [-0.3, -0.25) is 0 Å². The molecule has 0 bridgehead atoms. The van der Waals surface area contributed by atoms with Crippen LogP contribution >= 0.6 is 0 Å². The quantitative estimate of drug-likeness (QED) is 0.188. The fraction of sp³-hybridized carbons (Fsp3) is 0. The molecule has 0 aliphatic rings. The Bertz CT molecular complexity index is 2800. The molecule has 0 saturated heterocycles. The normalized spacial score (nSPS) is 11.6. The SMILES string of the molecule is c1ccc(-c2nc(-c3ccccc3)nc(-c3ccc4c(c3)oc3cccc(-n5c6ccccc6c6c(-c7ccccc7)cccc65)c34)n2)cc1. The zero-order valence-corrected chi connectivity index (χ0v) is 26.9. The van der Waals surface area contributed by atoms with Crippen molar-refractivity contribution >= 4 is 43.7 Å². The van der Waals surface area contributed by atoms with Gasteiger partial charge in [-0.2, -0.15) is 0 Å². The lowest BCUT2D eigenvalue weighted by atomic mass is 9.99. The lowest BCUT2D eigenvalue weighted by Crippen LogP contribution is -2.00. The first kappa shape index (κ1) is 28.2. The van der Waals surface area contributed by atoms with Gasteiger partial charge in [-0.25, -0.2) is 15.0 Å². The first-order valence-electron chi connectivity index (χ1n) is 16.7. The fourth-order valence-corrected chi connectivity index (χ4v) is 7.21. The van der Waals surface area contributed by atoms with Crippen LogP contribution < -0.4 is 0 Å². The Kier molecular flexibility index (Phi) is 6.42. The minimum Gasteiger partial charge on any atom is -0.456 e. The van der Waals surface area contributed by atoms with Gasteiger partial charge in [-0.05, 0) is 47.5 Å². The Labute approximate surface area is 287 Å². The first-order valence-corrected chi connectivity index (χ1v) is 16.7. The standard InChI is InChI=1S/C45H28N4O/c1-4-14-29(15-5-1)33-21-12-23-37-41(33)34-20-10-11-22-36(34)49(37)38-24-13-25-39-42(38)35-27-26-32(28-40(35)50-39)45-47-43(30-16-6-2-7-17-30)46-44(48-45)31-18-8-3-9-19-31/h1-28H. The molecule has 5 heteroatoms. The molecule has 5 nitrogen and oxygen atoms in total. The van der Waals surface area contributed by atoms with Crippen molar-refractivity contribution in [3.05, 3.63) is 170 Å². The summed E-state index contributed by atoms with van der Waals surface area (Å²) in [6.45, 7) is 0. The van der Waals surface area contributed by atoms with E-state index in [4.69, 9.17) is 19.4 Å². The highest BCUT2D eigenvalue weighted by Gasteiger charge is 2.20. The average molecular weight is 641 g/mol. The van der Waals surface area contributed by atoms with E-state index in [1.54, 1.807) is 0 Å². The summed E-state index contributed by atoms with van der Waals surface area (Å²) >= 11 is 0. The highest BCUT2D eigenvalue weighted by molar-refractivity contribution is 6.18. The number of hydrogen-bond acceptors (Lipinski definition) is 4. The Morgan fingerprint density at radius 2 is 0.960 bits per heavy atom. The summed E-state index contributed by atoms with van der Waals surface area (Å²) < 4.78 is 9.00. The van der Waals surface area contributed by atoms with E-state index < -0.39 is 0 Å². The van der Waals surface area contributed by atoms with E-state index >= 15 is 0 Å². The van der Waals surface area contributed by atoms with Crippen molar-refractivity contribution in [3.8, 4) is 51.0 Å². The van der Waals surface area contributed by atoms with Crippen LogP contribution in [0.5, 0.6) is 0 Å². The summed E-state index contributed by atoms with van der Waals surface area (Å²) in [6.07, 6.45) is 0. The molecule has 0 N–H and O–H groups in total. The summed E-state index contributed by atoms with van der Waals surface area (Å²) in [5.74, 6) is 1.85. The van der Waals surface area contributed by atoms with Gasteiger partial charge >= 0.3 is 0 Å². The van der Waals surface area contributed by atoms with Gasteiger partial charge in [0, 0.05) is 32.8 Å². The molecule has 0 unspecified atom stereocenters. The molecule has 7 aromatic carbocycles. The monoisotopic (exact) mass is 640 g/mol. The molecular weight excluding hydrogens is 613 g/mol. The third-order valence-electron chi connectivity index (χ3n) is 9.46. The van der Waals surface area contributed by atoms with Crippen molar-refractivity contribution in [3.63, 3.8) is 0 Å². The number of fused-ring (bicyclic) bond motifs is 6. The van der Waals surface area contributed by atoms with E-state index in [1.165, 1.54) is 21.9 Å². The zero-order valence-electron chi connectivity index (χ0n) is 26.9. The first-order chi connectivity index (χ1) is 24.8. The number of nitrogens with zero attached hydrogens (tertiary/aromatic N) is 4. The number of benzene rings is 7. The number of furan rings is 1. The molecular formula is C45H28N4O. The second-order valence-electron chi connectivity index (χ2n) is 12.4. The molecule has 0 radical (unpaired) electrons. The van der Waals surface area contributed by atoms with Crippen molar-refractivity contribution in [1.82, 2.24) is 19.5 Å². The third-order valence-corrected chi connectivity index (χ3v) is 9.46. The maximum absolute atomic E-state index is 6.62. The number of aromatic nitrogens is 4. The van der Waals surface area contributed by atoms with Gasteiger partial charge in [0.2, 0.25) is 0 Å². The molecule has 50 heavy (non-hydrogen) atoms. The number of hydrogen-bond donors (Lipinski definition) is 0. The van der Waals surface area contributed by atoms with Crippen LogP contribution in [0.1, 0.15) is 0 Å². The van der Waals surface area contributed by atoms with E-state index in [1.807, 2.05) is 66.7 Å². The highest BCUT2D eigenvalue weighted by atomic mass is 16.3. The molecule has 0 aliphatic carbocycles. The maximum atomic E-state index is 6.62. The predicted octanol–water partition coefficient (Wildman–Crippen LogP) is 11.5. The minimum atomic E-state index is 0.594. The van der Waals surface area contributed by atoms with Gasteiger partial charge in [0.1, 0.15) is 11.2 Å². The molecule has 0 aliphatic heterocycles. The van der Waals surface area contributed by atoms with Crippen LogP contribution in [0.15, 0.2) is 174 Å².